The fourth-order valence-electron chi connectivity index (χ4n) is 3.28. The maximum Gasteiger partial charge on any atom is 0.360 e. The molecule has 0 unspecified atom stereocenters. The quantitative estimate of drug-likeness (QED) is 0.747. The average molecular weight is 384 g/mol. The normalized spacial score (nSPS) is 20.0. The first-order valence-corrected chi connectivity index (χ1v) is 8.88. The first kappa shape index (κ1) is 16.6. The first-order chi connectivity index (χ1) is 11.0. The topological polar surface area (TPSA) is 64.5 Å². The van der Waals surface area contributed by atoms with Crippen LogP contribution >= 0.6 is 15.9 Å². The molecule has 2 aliphatic rings. The maximum absolute atomic E-state index is 12.2. The molecule has 0 atom stereocenters. The van der Waals surface area contributed by atoms with Crippen molar-refractivity contribution >= 4 is 27.7 Å². The van der Waals surface area contributed by atoms with Crippen molar-refractivity contribution in [2.24, 2.45) is 5.41 Å². The van der Waals surface area contributed by atoms with Crippen LogP contribution in [0, 0.1) is 12.3 Å². The molecule has 1 aromatic rings. The Morgan fingerprint density at radius 3 is 2.70 bits per heavy atom. The van der Waals surface area contributed by atoms with Gasteiger partial charge in [-0.25, -0.2) is 14.8 Å². The molecule has 0 aromatic carbocycles. The van der Waals surface area contributed by atoms with Crippen LogP contribution in [-0.4, -0.2) is 48.8 Å². The number of nitrogens with zero attached hydrogens (tertiary/aromatic N) is 3. The Morgan fingerprint density at radius 2 is 2.09 bits per heavy atom. The molecule has 3 rings (SSSR count). The molecular formula is C16H22BrN3O3. The lowest BCUT2D eigenvalue weighted by molar-refractivity contribution is 0.0519. The van der Waals surface area contributed by atoms with Gasteiger partial charge in [-0.1, -0.05) is 0 Å². The van der Waals surface area contributed by atoms with Crippen molar-refractivity contribution in [1.29, 1.82) is 0 Å². The number of ether oxygens (including phenoxy) is 2. The van der Waals surface area contributed by atoms with Gasteiger partial charge in [-0.15, -0.1) is 0 Å². The second kappa shape index (κ2) is 6.73. The standard InChI is InChI=1S/C16H22BrN3O3/c1-3-23-15(21)12-14(18-11(2)13(17)19-12)20-7-4-16(5-8-20)6-9-22-10-16/h3-10H2,1-2H3. The third-order valence-electron chi connectivity index (χ3n) is 4.77. The van der Waals surface area contributed by atoms with E-state index in [1.165, 1.54) is 0 Å². The van der Waals surface area contributed by atoms with Gasteiger partial charge in [0.25, 0.3) is 0 Å². The van der Waals surface area contributed by atoms with Gasteiger partial charge in [0.1, 0.15) is 4.60 Å². The van der Waals surface area contributed by atoms with Crippen LogP contribution in [0.2, 0.25) is 0 Å². The van der Waals surface area contributed by atoms with Crippen LogP contribution in [0.25, 0.3) is 0 Å². The molecular weight excluding hydrogens is 362 g/mol. The minimum atomic E-state index is -0.416. The van der Waals surface area contributed by atoms with Gasteiger partial charge >= 0.3 is 5.97 Å². The summed E-state index contributed by atoms with van der Waals surface area (Å²) in [5.74, 6) is 0.220. The van der Waals surface area contributed by atoms with E-state index >= 15 is 0 Å². The summed E-state index contributed by atoms with van der Waals surface area (Å²) in [7, 11) is 0. The summed E-state index contributed by atoms with van der Waals surface area (Å²) in [6.07, 6.45) is 3.26. The molecule has 1 spiro atoms. The number of piperidine rings is 1. The number of hydrogen-bond acceptors (Lipinski definition) is 6. The van der Waals surface area contributed by atoms with E-state index in [9.17, 15) is 4.79 Å². The number of hydrogen-bond donors (Lipinski definition) is 0. The van der Waals surface area contributed by atoms with Gasteiger partial charge in [0, 0.05) is 19.7 Å². The highest BCUT2D eigenvalue weighted by atomic mass is 79.9. The summed E-state index contributed by atoms with van der Waals surface area (Å²) >= 11 is 3.36. The van der Waals surface area contributed by atoms with Crippen molar-refractivity contribution < 1.29 is 14.3 Å². The average Bonchev–Trinajstić information content (AvgIpc) is 2.99. The molecule has 0 saturated carbocycles. The molecule has 2 saturated heterocycles. The second-order valence-corrected chi connectivity index (χ2v) is 7.03. The van der Waals surface area contributed by atoms with Gasteiger partial charge in [0.2, 0.25) is 0 Å². The molecule has 7 heteroatoms. The van der Waals surface area contributed by atoms with Gasteiger partial charge < -0.3 is 14.4 Å². The number of halogens is 1. The summed E-state index contributed by atoms with van der Waals surface area (Å²) < 4.78 is 11.3. The Balaban J connectivity index is 1.84. The van der Waals surface area contributed by atoms with Crippen LogP contribution < -0.4 is 4.90 Å². The van der Waals surface area contributed by atoms with Gasteiger partial charge in [-0.3, -0.25) is 0 Å². The van der Waals surface area contributed by atoms with E-state index < -0.39 is 5.97 Å². The monoisotopic (exact) mass is 383 g/mol. The number of aryl methyl sites for hydroxylation is 1. The molecule has 2 aliphatic heterocycles. The number of carbonyl (C=O) groups is 1. The maximum atomic E-state index is 12.2. The molecule has 0 aliphatic carbocycles. The number of anilines is 1. The zero-order valence-electron chi connectivity index (χ0n) is 13.6. The molecule has 23 heavy (non-hydrogen) atoms. The summed E-state index contributed by atoms with van der Waals surface area (Å²) in [6.45, 7) is 7.45. The van der Waals surface area contributed by atoms with Crippen LogP contribution in [0.1, 0.15) is 42.4 Å². The molecule has 2 fully saturated rings. The predicted octanol–water partition coefficient (Wildman–Crippen LogP) is 2.73. The van der Waals surface area contributed by atoms with Crippen molar-refractivity contribution in [1.82, 2.24) is 9.97 Å². The van der Waals surface area contributed by atoms with Gasteiger partial charge in [0.15, 0.2) is 11.5 Å². The first-order valence-electron chi connectivity index (χ1n) is 8.09. The van der Waals surface area contributed by atoms with Crippen LogP contribution in [0.3, 0.4) is 0 Å². The molecule has 3 heterocycles. The highest BCUT2D eigenvalue weighted by molar-refractivity contribution is 9.10. The SMILES string of the molecule is CCOC(=O)c1nc(Br)c(C)nc1N1CCC2(CCOC2)CC1. The molecule has 6 nitrogen and oxygen atoms in total. The van der Waals surface area contributed by atoms with Crippen LogP contribution in [0.5, 0.6) is 0 Å². The van der Waals surface area contributed by atoms with Crippen molar-refractivity contribution in [2.45, 2.75) is 33.1 Å². The minimum Gasteiger partial charge on any atom is -0.461 e. The molecule has 0 radical (unpaired) electrons. The third kappa shape index (κ3) is 3.35. The van der Waals surface area contributed by atoms with Crippen molar-refractivity contribution in [3.05, 3.63) is 16.0 Å². The Bertz CT molecular complexity index is 592. The zero-order valence-corrected chi connectivity index (χ0v) is 15.2. The minimum absolute atomic E-state index is 0.294. The largest absolute Gasteiger partial charge is 0.461 e. The Morgan fingerprint density at radius 1 is 1.35 bits per heavy atom. The van der Waals surface area contributed by atoms with E-state index in [0.717, 1.165) is 51.3 Å². The van der Waals surface area contributed by atoms with E-state index in [0.29, 0.717) is 28.1 Å². The van der Waals surface area contributed by atoms with Crippen LogP contribution in [-0.2, 0) is 9.47 Å². The lowest BCUT2D eigenvalue weighted by atomic mass is 9.78. The lowest BCUT2D eigenvalue weighted by Gasteiger charge is -2.39. The van der Waals surface area contributed by atoms with E-state index in [2.05, 4.69) is 30.8 Å². The fourth-order valence-corrected chi connectivity index (χ4v) is 3.55. The van der Waals surface area contributed by atoms with Gasteiger partial charge in [-0.2, -0.15) is 0 Å². The zero-order chi connectivity index (χ0) is 16.4. The van der Waals surface area contributed by atoms with Crippen molar-refractivity contribution in [2.75, 3.05) is 37.8 Å². The Hall–Kier alpha value is -1.21. The molecule has 126 valence electrons. The van der Waals surface area contributed by atoms with Crippen molar-refractivity contribution in [3.8, 4) is 0 Å². The number of esters is 1. The van der Waals surface area contributed by atoms with E-state index in [1.807, 2.05) is 6.92 Å². The Labute approximate surface area is 144 Å². The summed E-state index contributed by atoms with van der Waals surface area (Å²) in [6, 6.07) is 0. The molecule has 1 aromatic heterocycles. The van der Waals surface area contributed by atoms with E-state index in [4.69, 9.17) is 9.47 Å². The summed E-state index contributed by atoms with van der Waals surface area (Å²) in [5.41, 5.74) is 1.39. The lowest BCUT2D eigenvalue weighted by Crippen LogP contribution is -2.41. The molecule has 0 N–H and O–H groups in total. The predicted molar refractivity (Wildman–Crippen MR) is 89.7 cm³/mol. The summed E-state index contributed by atoms with van der Waals surface area (Å²) in [4.78, 5) is 23.4. The summed E-state index contributed by atoms with van der Waals surface area (Å²) in [5, 5.41) is 0. The van der Waals surface area contributed by atoms with Crippen LogP contribution in [0.15, 0.2) is 4.60 Å². The molecule has 0 bridgehead atoms. The second-order valence-electron chi connectivity index (χ2n) is 6.28. The smallest absolute Gasteiger partial charge is 0.360 e. The highest BCUT2D eigenvalue weighted by Crippen LogP contribution is 2.40. The van der Waals surface area contributed by atoms with E-state index in [-0.39, 0.29) is 0 Å². The van der Waals surface area contributed by atoms with E-state index in [1.54, 1.807) is 6.92 Å². The van der Waals surface area contributed by atoms with Gasteiger partial charge in [-0.05, 0) is 54.5 Å². The fraction of sp³-hybridized carbons (Fsp3) is 0.688. The highest BCUT2D eigenvalue weighted by Gasteiger charge is 2.39. The number of rotatable bonds is 3. The number of carbonyl (C=O) groups excluding carboxylic acids is 1. The third-order valence-corrected chi connectivity index (χ3v) is 5.52. The Kier molecular flexibility index (Phi) is 4.87. The van der Waals surface area contributed by atoms with Gasteiger partial charge in [0.05, 0.1) is 18.9 Å². The van der Waals surface area contributed by atoms with Crippen molar-refractivity contribution in [3.63, 3.8) is 0 Å². The van der Waals surface area contributed by atoms with Crippen LogP contribution in [0.4, 0.5) is 5.82 Å². The number of aromatic nitrogens is 2. The molecule has 0 amide bonds.